The van der Waals surface area contributed by atoms with Crippen LogP contribution in [0.5, 0.6) is 5.75 Å². The number of anilines is 1. The topological polar surface area (TPSA) is 48.4 Å². The number of alkyl halides is 3. The fraction of sp³-hybridized carbons (Fsp3) is 0.125. The largest absolute Gasteiger partial charge is 0.489 e. The van der Waals surface area contributed by atoms with E-state index in [4.69, 9.17) is 14.9 Å². The van der Waals surface area contributed by atoms with Crippen LogP contribution in [-0.2, 0) is 12.8 Å². The molecule has 6 heteroatoms. The van der Waals surface area contributed by atoms with Crippen LogP contribution in [0, 0.1) is 0 Å². The summed E-state index contributed by atoms with van der Waals surface area (Å²) >= 11 is 0. The lowest BCUT2D eigenvalue weighted by Crippen LogP contribution is -2.05. The minimum Gasteiger partial charge on any atom is -0.489 e. The molecular weight excluding hydrogens is 295 g/mol. The van der Waals surface area contributed by atoms with E-state index in [0.717, 1.165) is 23.1 Å². The third-order valence-electron chi connectivity index (χ3n) is 3.23. The number of rotatable bonds is 3. The average Bonchev–Trinajstić information content (AvgIpc) is 2.87. The highest BCUT2D eigenvalue weighted by Gasteiger charge is 2.30. The molecular formula is C16H12F3NO2. The van der Waals surface area contributed by atoms with Gasteiger partial charge in [-0.25, -0.2) is 0 Å². The van der Waals surface area contributed by atoms with Crippen LogP contribution in [0.2, 0.25) is 0 Å². The molecule has 1 heterocycles. The van der Waals surface area contributed by atoms with Crippen LogP contribution in [0.15, 0.2) is 53.1 Å². The van der Waals surface area contributed by atoms with Gasteiger partial charge in [-0.05, 0) is 36.4 Å². The molecule has 0 spiro atoms. The van der Waals surface area contributed by atoms with Crippen LogP contribution in [0.1, 0.15) is 11.1 Å². The van der Waals surface area contributed by atoms with Gasteiger partial charge in [0.15, 0.2) is 0 Å². The van der Waals surface area contributed by atoms with Crippen molar-refractivity contribution in [3.8, 4) is 5.75 Å². The summed E-state index contributed by atoms with van der Waals surface area (Å²) in [5.41, 5.74) is 6.93. The maximum Gasteiger partial charge on any atom is 0.416 e. The molecule has 0 bridgehead atoms. The van der Waals surface area contributed by atoms with E-state index in [0.29, 0.717) is 11.3 Å². The summed E-state index contributed by atoms with van der Waals surface area (Å²) in [4.78, 5) is 0. The Morgan fingerprint density at radius 2 is 1.91 bits per heavy atom. The van der Waals surface area contributed by atoms with Crippen molar-refractivity contribution in [1.29, 1.82) is 0 Å². The second-order valence-corrected chi connectivity index (χ2v) is 4.83. The Labute approximate surface area is 124 Å². The minimum atomic E-state index is -4.39. The van der Waals surface area contributed by atoms with Gasteiger partial charge in [0.25, 0.3) is 0 Å². The van der Waals surface area contributed by atoms with Crippen molar-refractivity contribution in [2.75, 3.05) is 5.73 Å². The molecule has 0 saturated carbocycles. The van der Waals surface area contributed by atoms with Crippen molar-refractivity contribution in [1.82, 2.24) is 0 Å². The van der Waals surface area contributed by atoms with E-state index >= 15 is 0 Å². The van der Waals surface area contributed by atoms with Crippen molar-refractivity contribution in [2.45, 2.75) is 12.8 Å². The molecule has 0 unspecified atom stereocenters. The Morgan fingerprint density at radius 1 is 1.09 bits per heavy atom. The van der Waals surface area contributed by atoms with Crippen molar-refractivity contribution >= 4 is 16.7 Å². The summed E-state index contributed by atoms with van der Waals surface area (Å²) in [6, 6.07) is 9.94. The number of furan rings is 1. The Bertz CT molecular complexity index is 809. The number of hydrogen-bond acceptors (Lipinski definition) is 3. The highest BCUT2D eigenvalue weighted by Crippen LogP contribution is 2.32. The van der Waals surface area contributed by atoms with E-state index in [-0.39, 0.29) is 12.4 Å². The van der Waals surface area contributed by atoms with Crippen molar-refractivity contribution < 1.29 is 22.3 Å². The number of nitrogens with two attached hydrogens (primary N) is 1. The molecule has 3 nitrogen and oxygen atoms in total. The molecule has 22 heavy (non-hydrogen) atoms. The second-order valence-electron chi connectivity index (χ2n) is 4.83. The predicted octanol–water partition coefficient (Wildman–Crippen LogP) is 4.61. The lowest BCUT2D eigenvalue weighted by atomic mass is 10.1. The van der Waals surface area contributed by atoms with Gasteiger partial charge in [-0.2, -0.15) is 13.2 Å². The van der Waals surface area contributed by atoms with E-state index in [1.165, 1.54) is 18.4 Å². The molecule has 0 aliphatic rings. The molecule has 0 saturated heterocycles. The summed E-state index contributed by atoms with van der Waals surface area (Å²) in [6.45, 7) is 0.0950. The van der Waals surface area contributed by atoms with Crippen molar-refractivity contribution in [3.05, 3.63) is 59.9 Å². The monoisotopic (exact) mass is 307 g/mol. The van der Waals surface area contributed by atoms with Crippen LogP contribution in [0.4, 0.5) is 18.9 Å². The Balaban J connectivity index is 1.81. The highest BCUT2D eigenvalue weighted by molar-refractivity contribution is 5.84. The summed E-state index contributed by atoms with van der Waals surface area (Å²) in [7, 11) is 0. The van der Waals surface area contributed by atoms with Crippen LogP contribution in [0.3, 0.4) is 0 Å². The Morgan fingerprint density at radius 3 is 2.68 bits per heavy atom. The number of ether oxygens (including phenoxy) is 1. The van der Waals surface area contributed by atoms with E-state index in [2.05, 4.69) is 0 Å². The van der Waals surface area contributed by atoms with E-state index in [1.54, 1.807) is 18.2 Å². The fourth-order valence-corrected chi connectivity index (χ4v) is 2.13. The zero-order valence-corrected chi connectivity index (χ0v) is 11.4. The molecule has 3 rings (SSSR count). The third-order valence-corrected chi connectivity index (χ3v) is 3.23. The number of benzene rings is 2. The predicted molar refractivity (Wildman–Crippen MR) is 76.4 cm³/mol. The number of nitrogen functional groups attached to an aromatic ring is 1. The van der Waals surface area contributed by atoms with Gasteiger partial charge in [-0.3, -0.25) is 0 Å². The van der Waals surface area contributed by atoms with E-state index in [1.807, 2.05) is 0 Å². The number of halogens is 3. The Hall–Kier alpha value is -2.63. The average molecular weight is 307 g/mol. The summed E-state index contributed by atoms with van der Waals surface area (Å²) in [5.74, 6) is 0.146. The van der Waals surface area contributed by atoms with Crippen LogP contribution >= 0.6 is 0 Å². The summed E-state index contributed by atoms with van der Waals surface area (Å²) in [6.07, 6.45) is -2.88. The molecule has 2 N–H and O–H groups in total. The standard InChI is InChI=1S/C16H12F3NO2/c17-16(18,19)11-2-1-3-13(6-11)21-8-10-9-22-15-5-4-12(20)7-14(10)15/h1-7,9H,8,20H2. The molecule has 0 radical (unpaired) electrons. The highest BCUT2D eigenvalue weighted by atomic mass is 19.4. The van der Waals surface area contributed by atoms with Crippen LogP contribution in [-0.4, -0.2) is 0 Å². The van der Waals surface area contributed by atoms with Gasteiger partial charge in [-0.1, -0.05) is 6.07 Å². The lowest BCUT2D eigenvalue weighted by molar-refractivity contribution is -0.137. The summed E-state index contributed by atoms with van der Waals surface area (Å²) in [5, 5.41) is 0.784. The molecule has 2 aromatic carbocycles. The molecule has 0 amide bonds. The third kappa shape index (κ3) is 2.86. The van der Waals surface area contributed by atoms with Gasteiger partial charge >= 0.3 is 6.18 Å². The molecule has 0 aliphatic heterocycles. The van der Waals surface area contributed by atoms with Crippen LogP contribution < -0.4 is 10.5 Å². The zero-order chi connectivity index (χ0) is 15.7. The molecule has 1 aromatic heterocycles. The van der Waals surface area contributed by atoms with E-state index < -0.39 is 11.7 Å². The first-order valence-corrected chi connectivity index (χ1v) is 6.49. The zero-order valence-electron chi connectivity index (χ0n) is 11.4. The second kappa shape index (κ2) is 5.29. The minimum absolute atomic E-state index is 0.0950. The van der Waals surface area contributed by atoms with Crippen molar-refractivity contribution in [2.24, 2.45) is 0 Å². The fourth-order valence-electron chi connectivity index (χ4n) is 2.13. The normalized spacial score (nSPS) is 11.8. The lowest BCUT2D eigenvalue weighted by Gasteiger charge is -2.09. The molecule has 114 valence electrons. The SMILES string of the molecule is Nc1ccc2occ(COc3cccc(C(F)(F)F)c3)c2c1. The quantitative estimate of drug-likeness (QED) is 0.719. The molecule has 0 aliphatic carbocycles. The first kappa shape index (κ1) is 14.3. The first-order valence-electron chi connectivity index (χ1n) is 6.49. The molecule has 0 fully saturated rings. The van der Waals surface area contributed by atoms with Gasteiger partial charge in [0.2, 0.25) is 0 Å². The molecule has 3 aromatic rings. The van der Waals surface area contributed by atoms with E-state index in [9.17, 15) is 13.2 Å². The van der Waals surface area contributed by atoms with Gasteiger partial charge in [0.05, 0.1) is 11.8 Å². The maximum atomic E-state index is 12.6. The summed E-state index contributed by atoms with van der Waals surface area (Å²) < 4.78 is 48.7. The van der Waals surface area contributed by atoms with Crippen molar-refractivity contribution in [3.63, 3.8) is 0 Å². The Kier molecular flexibility index (Phi) is 3.44. The van der Waals surface area contributed by atoms with Gasteiger partial charge in [0, 0.05) is 16.6 Å². The number of hydrogen-bond donors (Lipinski definition) is 1. The molecule has 0 atom stereocenters. The van der Waals surface area contributed by atoms with Gasteiger partial charge in [-0.15, -0.1) is 0 Å². The maximum absolute atomic E-state index is 12.6. The van der Waals surface area contributed by atoms with Gasteiger partial charge < -0.3 is 14.9 Å². The van der Waals surface area contributed by atoms with Crippen LogP contribution in [0.25, 0.3) is 11.0 Å². The van der Waals surface area contributed by atoms with Gasteiger partial charge in [0.1, 0.15) is 17.9 Å². The number of fused-ring (bicyclic) bond motifs is 1. The smallest absolute Gasteiger partial charge is 0.416 e. The first-order chi connectivity index (χ1) is 10.4.